The van der Waals surface area contributed by atoms with E-state index in [1.165, 1.54) is 5.56 Å². The second kappa shape index (κ2) is 6.30. The van der Waals surface area contributed by atoms with Crippen LogP contribution >= 0.6 is 0 Å². The lowest BCUT2D eigenvalue weighted by atomic mass is 9.86. The van der Waals surface area contributed by atoms with Crippen LogP contribution in [0, 0.1) is 0 Å². The maximum absolute atomic E-state index is 5.61. The molecule has 0 aliphatic carbocycles. The minimum absolute atomic E-state index is 0.0651. The van der Waals surface area contributed by atoms with Gasteiger partial charge in [-0.3, -0.25) is 5.73 Å². The summed E-state index contributed by atoms with van der Waals surface area (Å²) < 4.78 is 0. The molecular formula is C17H26N5+. The van der Waals surface area contributed by atoms with Crippen LogP contribution in [0.1, 0.15) is 44.7 Å². The highest BCUT2D eigenvalue weighted by atomic mass is 15.2. The number of hydrogen-bond donors (Lipinski definition) is 1. The van der Waals surface area contributed by atoms with Crippen molar-refractivity contribution in [3.05, 3.63) is 41.9 Å². The zero-order chi connectivity index (χ0) is 16.3. The number of aromatic nitrogens is 3. The highest BCUT2D eigenvalue weighted by molar-refractivity contribution is 5.40. The Bertz CT molecular complexity index is 602. The summed E-state index contributed by atoms with van der Waals surface area (Å²) in [4.78, 5) is 13.9. The lowest BCUT2D eigenvalue weighted by Gasteiger charge is -2.30. The Balaban J connectivity index is 2.12. The average Bonchev–Trinajstić information content (AvgIpc) is 2.47. The maximum atomic E-state index is 5.61. The van der Waals surface area contributed by atoms with Crippen LogP contribution in [0.4, 0.5) is 11.8 Å². The monoisotopic (exact) mass is 300 g/mol. The van der Waals surface area contributed by atoms with Gasteiger partial charge in [-0.1, -0.05) is 38.7 Å². The quantitative estimate of drug-likeness (QED) is 0.920. The lowest BCUT2D eigenvalue weighted by Crippen LogP contribution is -2.36. The molecule has 5 heteroatoms. The number of nitrogen functional groups attached to an aromatic ring is 1. The Morgan fingerprint density at radius 2 is 1.95 bits per heavy atom. The molecule has 0 saturated heterocycles. The van der Waals surface area contributed by atoms with Gasteiger partial charge in [0.05, 0.1) is 6.20 Å². The van der Waals surface area contributed by atoms with Gasteiger partial charge in [-0.15, -0.1) is 0 Å². The van der Waals surface area contributed by atoms with Crippen molar-refractivity contribution < 1.29 is 4.98 Å². The standard InChI is InChI=1S/C17H25N5/c1-12(2)13-6-7-15(19-8-13)22(5)11-17(3,4)14-9-20-16(18)21-10-14/h6-10,12H,11H2,1-5H3,(H2,18,20,21)/p+1. The van der Waals surface area contributed by atoms with E-state index < -0.39 is 0 Å². The van der Waals surface area contributed by atoms with Crippen LogP contribution in [-0.2, 0) is 5.41 Å². The Labute approximate surface area is 132 Å². The molecule has 0 aromatic carbocycles. The van der Waals surface area contributed by atoms with Crippen LogP contribution in [0.5, 0.6) is 0 Å². The Hall–Kier alpha value is -2.17. The normalized spacial score (nSPS) is 11.7. The molecule has 0 amide bonds. The molecule has 2 heterocycles. The van der Waals surface area contributed by atoms with E-state index >= 15 is 0 Å². The summed E-state index contributed by atoms with van der Waals surface area (Å²) in [7, 11) is 2.06. The number of anilines is 2. The van der Waals surface area contributed by atoms with Crippen LogP contribution in [-0.4, -0.2) is 23.6 Å². The van der Waals surface area contributed by atoms with E-state index in [9.17, 15) is 0 Å². The van der Waals surface area contributed by atoms with E-state index in [0.717, 1.165) is 17.9 Å². The van der Waals surface area contributed by atoms with Crippen LogP contribution in [0.2, 0.25) is 0 Å². The SMILES string of the molecule is CC(C)c1ccc(N(C)CC(C)(C)c2cnc(N)[nH+]c2)nc1. The average molecular weight is 300 g/mol. The van der Waals surface area contributed by atoms with E-state index in [-0.39, 0.29) is 5.41 Å². The van der Waals surface area contributed by atoms with Gasteiger partial charge in [0.1, 0.15) is 12.0 Å². The molecule has 3 N–H and O–H groups in total. The number of pyridine rings is 1. The number of nitrogens with two attached hydrogens (primary N) is 1. The number of nitrogens with one attached hydrogen (secondary N) is 1. The van der Waals surface area contributed by atoms with Crippen LogP contribution < -0.4 is 15.6 Å². The highest BCUT2D eigenvalue weighted by Crippen LogP contribution is 2.25. The molecule has 2 rings (SSSR count). The molecule has 118 valence electrons. The third-order valence-electron chi connectivity index (χ3n) is 3.96. The second-order valence-electron chi connectivity index (χ2n) is 6.73. The predicted molar refractivity (Wildman–Crippen MR) is 89.8 cm³/mol. The molecule has 0 bridgehead atoms. The molecule has 0 saturated carbocycles. The molecule has 5 nitrogen and oxygen atoms in total. The molecule has 22 heavy (non-hydrogen) atoms. The van der Waals surface area contributed by atoms with Crippen molar-refractivity contribution in [2.24, 2.45) is 0 Å². The second-order valence-corrected chi connectivity index (χ2v) is 6.73. The summed E-state index contributed by atoms with van der Waals surface area (Å²) in [5.41, 5.74) is 7.92. The number of hydrogen-bond acceptors (Lipinski definition) is 4. The summed E-state index contributed by atoms with van der Waals surface area (Å²) in [5.74, 6) is 1.91. The molecule has 0 atom stereocenters. The van der Waals surface area contributed by atoms with E-state index in [1.54, 1.807) is 0 Å². The van der Waals surface area contributed by atoms with Gasteiger partial charge in [0.25, 0.3) is 0 Å². The number of nitrogens with zero attached hydrogens (tertiary/aromatic N) is 3. The first-order valence-electron chi connectivity index (χ1n) is 7.60. The molecule has 0 unspecified atom stereocenters. The number of likely N-dealkylation sites (N-methyl/N-ethyl adjacent to an activating group) is 1. The Morgan fingerprint density at radius 1 is 1.23 bits per heavy atom. The van der Waals surface area contributed by atoms with Gasteiger partial charge in [-0.25, -0.2) is 9.97 Å². The van der Waals surface area contributed by atoms with E-state index in [4.69, 9.17) is 5.73 Å². The van der Waals surface area contributed by atoms with Crippen molar-refractivity contribution in [1.82, 2.24) is 9.97 Å². The van der Waals surface area contributed by atoms with Crippen molar-refractivity contribution in [1.29, 1.82) is 0 Å². The molecule has 0 spiro atoms. The predicted octanol–water partition coefficient (Wildman–Crippen LogP) is 2.41. The van der Waals surface area contributed by atoms with Crippen molar-refractivity contribution in [2.75, 3.05) is 24.2 Å². The van der Waals surface area contributed by atoms with E-state index in [1.807, 2.05) is 18.6 Å². The number of rotatable bonds is 5. The third-order valence-corrected chi connectivity index (χ3v) is 3.96. The van der Waals surface area contributed by atoms with Crippen molar-refractivity contribution in [2.45, 2.75) is 39.0 Å². The van der Waals surface area contributed by atoms with Gasteiger partial charge in [0, 0.05) is 30.8 Å². The zero-order valence-electron chi connectivity index (χ0n) is 14.1. The Kier molecular flexibility index (Phi) is 4.64. The van der Waals surface area contributed by atoms with Gasteiger partial charge in [-0.2, -0.15) is 0 Å². The number of aromatic amines is 1. The molecule has 2 aromatic heterocycles. The molecule has 0 radical (unpaired) electrons. The molecule has 0 aliphatic rings. The summed E-state index contributed by atoms with van der Waals surface area (Å²) in [6.07, 6.45) is 5.71. The van der Waals surface area contributed by atoms with Gasteiger partial charge in [0.15, 0.2) is 0 Å². The fourth-order valence-corrected chi connectivity index (χ4v) is 2.47. The smallest absolute Gasteiger partial charge is 0.359 e. The van der Waals surface area contributed by atoms with Gasteiger partial charge in [-0.05, 0) is 17.5 Å². The lowest BCUT2D eigenvalue weighted by molar-refractivity contribution is -0.365. The molecular weight excluding hydrogens is 274 g/mol. The van der Waals surface area contributed by atoms with Crippen LogP contribution in [0.15, 0.2) is 30.7 Å². The fourth-order valence-electron chi connectivity index (χ4n) is 2.47. The van der Waals surface area contributed by atoms with E-state index in [0.29, 0.717) is 11.9 Å². The minimum atomic E-state index is -0.0651. The molecule has 0 aliphatic heterocycles. The molecule has 0 fully saturated rings. The third kappa shape index (κ3) is 3.72. The Morgan fingerprint density at radius 3 is 2.45 bits per heavy atom. The first-order valence-corrected chi connectivity index (χ1v) is 7.60. The summed E-state index contributed by atoms with van der Waals surface area (Å²) >= 11 is 0. The highest BCUT2D eigenvalue weighted by Gasteiger charge is 2.25. The fraction of sp³-hybridized carbons (Fsp3) is 0.471. The first-order chi connectivity index (χ1) is 10.3. The first kappa shape index (κ1) is 16.2. The zero-order valence-corrected chi connectivity index (χ0v) is 14.1. The van der Waals surface area contributed by atoms with Crippen molar-refractivity contribution in [3.63, 3.8) is 0 Å². The van der Waals surface area contributed by atoms with Gasteiger partial charge >= 0.3 is 5.95 Å². The van der Waals surface area contributed by atoms with Gasteiger partial charge < -0.3 is 4.90 Å². The summed E-state index contributed by atoms with van der Waals surface area (Å²) in [5, 5.41) is 0. The summed E-state index contributed by atoms with van der Waals surface area (Å²) in [6.45, 7) is 9.56. The largest absolute Gasteiger partial charge is 0.386 e. The topological polar surface area (TPSA) is 69.2 Å². The molecule has 2 aromatic rings. The number of H-pyrrole nitrogens is 1. The minimum Gasteiger partial charge on any atom is -0.359 e. The van der Waals surface area contributed by atoms with Gasteiger partial charge in [0.2, 0.25) is 0 Å². The van der Waals surface area contributed by atoms with Crippen LogP contribution in [0.3, 0.4) is 0 Å². The van der Waals surface area contributed by atoms with Crippen LogP contribution in [0.25, 0.3) is 0 Å². The van der Waals surface area contributed by atoms with E-state index in [2.05, 4.69) is 66.7 Å². The maximum Gasteiger partial charge on any atom is 0.386 e. The summed E-state index contributed by atoms with van der Waals surface area (Å²) in [6, 6.07) is 4.23. The van der Waals surface area contributed by atoms with Crippen molar-refractivity contribution >= 4 is 11.8 Å². The van der Waals surface area contributed by atoms with Crippen molar-refractivity contribution in [3.8, 4) is 0 Å².